The van der Waals surface area contributed by atoms with Crippen LogP contribution in [-0.4, -0.2) is 22.5 Å². The Bertz CT molecular complexity index is 360. The van der Waals surface area contributed by atoms with Gasteiger partial charge < -0.3 is 10.4 Å². The number of carbonyl (C=O) groups is 2. The van der Waals surface area contributed by atoms with Crippen molar-refractivity contribution in [3.63, 3.8) is 0 Å². The van der Waals surface area contributed by atoms with E-state index >= 15 is 0 Å². The average Bonchev–Trinajstić information content (AvgIpc) is 2.72. The van der Waals surface area contributed by atoms with Gasteiger partial charge in [-0.15, -0.1) is 0 Å². The van der Waals surface area contributed by atoms with Crippen molar-refractivity contribution in [2.45, 2.75) is 64.3 Å². The van der Waals surface area contributed by atoms with Crippen molar-refractivity contribution < 1.29 is 14.7 Å². The first-order valence-electron chi connectivity index (χ1n) is 7.46. The summed E-state index contributed by atoms with van der Waals surface area (Å²) in [7, 11) is 0. The third kappa shape index (κ3) is 3.28. The molecule has 0 aliphatic heterocycles. The van der Waals surface area contributed by atoms with Gasteiger partial charge in [0.25, 0.3) is 0 Å². The molecule has 0 radical (unpaired) electrons. The molecule has 0 saturated heterocycles. The van der Waals surface area contributed by atoms with Crippen LogP contribution in [0.2, 0.25) is 0 Å². The minimum absolute atomic E-state index is 0.0406. The normalized spacial score (nSPS) is 33.9. The lowest BCUT2D eigenvalue weighted by Crippen LogP contribution is -2.50. The Morgan fingerprint density at radius 1 is 1.11 bits per heavy atom. The van der Waals surface area contributed by atoms with Crippen molar-refractivity contribution in [3.8, 4) is 0 Å². The molecule has 0 heterocycles. The van der Waals surface area contributed by atoms with Gasteiger partial charge >= 0.3 is 5.97 Å². The molecule has 3 atom stereocenters. The van der Waals surface area contributed by atoms with Gasteiger partial charge in [0.1, 0.15) is 0 Å². The van der Waals surface area contributed by atoms with E-state index in [-0.39, 0.29) is 17.4 Å². The van der Waals surface area contributed by atoms with Crippen molar-refractivity contribution in [3.05, 3.63) is 0 Å². The molecule has 3 unspecified atom stereocenters. The van der Waals surface area contributed by atoms with E-state index in [1.54, 1.807) is 0 Å². The third-order valence-electron chi connectivity index (χ3n) is 4.83. The van der Waals surface area contributed by atoms with Gasteiger partial charge in [-0.2, -0.15) is 0 Å². The number of hydrogen-bond donors (Lipinski definition) is 2. The van der Waals surface area contributed by atoms with Gasteiger partial charge in [-0.25, -0.2) is 0 Å². The highest BCUT2D eigenvalue weighted by Gasteiger charge is 2.42. The van der Waals surface area contributed by atoms with Gasteiger partial charge in [0.15, 0.2) is 0 Å². The fourth-order valence-electron chi connectivity index (χ4n) is 3.70. The van der Waals surface area contributed by atoms with Crippen LogP contribution in [0, 0.1) is 17.8 Å². The summed E-state index contributed by atoms with van der Waals surface area (Å²) >= 11 is 0. The largest absolute Gasteiger partial charge is 0.481 e. The molecule has 108 valence electrons. The molecule has 2 aliphatic carbocycles. The Hall–Kier alpha value is -1.06. The molecule has 19 heavy (non-hydrogen) atoms. The number of rotatable bonds is 3. The third-order valence-corrected chi connectivity index (χ3v) is 4.83. The molecule has 1 amide bonds. The lowest BCUT2D eigenvalue weighted by molar-refractivity contribution is -0.146. The maximum absolute atomic E-state index is 12.4. The van der Waals surface area contributed by atoms with E-state index in [9.17, 15) is 14.7 Å². The van der Waals surface area contributed by atoms with Crippen LogP contribution in [0.1, 0.15) is 58.8 Å². The topological polar surface area (TPSA) is 66.4 Å². The van der Waals surface area contributed by atoms with Crippen molar-refractivity contribution in [1.82, 2.24) is 5.32 Å². The number of aliphatic carboxylic acids is 1. The predicted octanol–water partition coefficient (Wildman–Crippen LogP) is 2.57. The van der Waals surface area contributed by atoms with Gasteiger partial charge in [0.2, 0.25) is 5.91 Å². The van der Waals surface area contributed by atoms with Crippen LogP contribution in [0.4, 0.5) is 0 Å². The minimum Gasteiger partial charge on any atom is -0.481 e. The fraction of sp³-hybridized carbons (Fsp3) is 0.867. The van der Waals surface area contributed by atoms with Crippen LogP contribution >= 0.6 is 0 Å². The van der Waals surface area contributed by atoms with E-state index < -0.39 is 11.9 Å². The van der Waals surface area contributed by atoms with Gasteiger partial charge in [0.05, 0.1) is 11.8 Å². The zero-order valence-corrected chi connectivity index (χ0v) is 11.9. The Kier molecular flexibility index (Phi) is 4.16. The smallest absolute Gasteiger partial charge is 0.307 e. The summed E-state index contributed by atoms with van der Waals surface area (Å²) in [5.41, 5.74) is -0.121. The molecule has 2 rings (SSSR count). The van der Waals surface area contributed by atoms with Crippen LogP contribution in [-0.2, 0) is 9.59 Å². The number of carbonyl (C=O) groups excluding carboxylic acids is 1. The Morgan fingerprint density at radius 3 is 2.26 bits per heavy atom. The first-order valence-corrected chi connectivity index (χ1v) is 7.46. The summed E-state index contributed by atoms with van der Waals surface area (Å²) in [4.78, 5) is 23.7. The molecular formula is C15H25NO3. The number of carboxylic acid groups (broad SMARTS) is 1. The highest BCUT2D eigenvalue weighted by Crippen LogP contribution is 2.37. The molecule has 4 heteroatoms. The average molecular weight is 267 g/mol. The quantitative estimate of drug-likeness (QED) is 0.826. The molecule has 4 nitrogen and oxygen atoms in total. The van der Waals surface area contributed by atoms with Crippen LogP contribution in [0.3, 0.4) is 0 Å². The molecule has 2 fully saturated rings. The summed E-state index contributed by atoms with van der Waals surface area (Å²) in [6.45, 7) is 4.13. The van der Waals surface area contributed by atoms with Crippen LogP contribution in [0.5, 0.6) is 0 Å². The van der Waals surface area contributed by atoms with Gasteiger partial charge in [0, 0.05) is 5.54 Å². The van der Waals surface area contributed by atoms with Gasteiger partial charge in [-0.05, 0) is 38.5 Å². The van der Waals surface area contributed by atoms with E-state index in [1.165, 1.54) is 6.42 Å². The highest BCUT2D eigenvalue weighted by molar-refractivity contribution is 5.85. The molecule has 2 saturated carbocycles. The molecule has 2 aliphatic rings. The van der Waals surface area contributed by atoms with Crippen molar-refractivity contribution in [1.29, 1.82) is 0 Å². The van der Waals surface area contributed by atoms with Crippen molar-refractivity contribution >= 4 is 11.9 Å². The summed E-state index contributed by atoms with van der Waals surface area (Å²) in [5, 5.41) is 12.4. The lowest BCUT2D eigenvalue weighted by Gasteiger charge is -2.35. The summed E-state index contributed by atoms with van der Waals surface area (Å²) in [5.74, 6) is -1.37. The molecule has 0 aromatic heterocycles. The number of amides is 1. The Morgan fingerprint density at radius 2 is 1.68 bits per heavy atom. The van der Waals surface area contributed by atoms with Gasteiger partial charge in [-0.3, -0.25) is 9.59 Å². The molecule has 0 aromatic rings. The van der Waals surface area contributed by atoms with Gasteiger partial charge in [-0.1, -0.05) is 26.2 Å². The van der Waals surface area contributed by atoms with Crippen LogP contribution in [0.15, 0.2) is 0 Å². The standard InChI is InChI=1S/C15H25NO3/c1-10-8-11(12(9-10)14(18)19)13(17)16-15(2)6-4-3-5-7-15/h10-12H,3-9H2,1-2H3,(H,16,17)(H,18,19). The molecule has 0 aromatic carbocycles. The molecular weight excluding hydrogens is 242 g/mol. The predicted molar refractivity (Wildman–Crippen MR) is 72.6 cm³/mol. The molecule has 0 spiro atoms. The van der Waals surface area contributed by atoms with Crippen LogP contribution < -0.4 is 5.32 Å². The first-order chi connectivity index (χ1) is 8.91. The number of carboxylic acids is 1. The van der Waals surface area contributed by atoms with Crippen molar-refractivity contribution in [2.75, 3.05) is 0 Å². The summed E-state index contributed by atoms with van der Waals surface area (Å²) in [6.07, 6.45) is 6.91. The second-order valence-corrected chi connectivity index (χ2v) is 6.74. The van der Waals surface area contributed by atoms with E-state index in [4.69, 9.17) is 0 Å². The Balaban J connectivity index is 2.00. The van der Waals surface area contributed by atoms with E-state index in [0.717, 1.165) is 25.7 Å². The highest BCUT2D eigenvalue weighted by atomic mass is 16.4. The zero-order valence-electron chi connectivity index (χ0n) is 11.9. The zero-order chi connectivity index (χ0) is 14.0. The van der Waals surface area contributed by atoms with E-state index in [2.05, 4.69) is 12.2 Å². The minimum atomic E-state index is -0.821. The fourth-order valence-corrected chi connectivity index (χ4v) is 3.70. The monoisotopic (exact) mass is 267 g/mol. The summed E-state index contributed by atoms with van der Waals surface area (Å²) in [6, 6.07) is 0. The summed E-state index contributed by atoms with van der Waals surface area (Å²) < 4.78 is 0. The lowest BCUT2D eigenvalue weighted by atomic mass is 9.82. The van der Waals surface area contributed by atoms with E-state index in [1.807, 2.05) is 6.92 Å². The molecule has 2 N–H and O–H groups in total. The maximum atomic E-state index is 12.4. The Labute approximate surface area is 115 Å². The SMILES string of the molecule is CC1CC(C(=O)O)C(C(=O)NC2(C)CCCCC2)C1. The second-order valence-electron chi connectivity index (χ2n) is 6.74. The molecule has 0 bridgehead atoms. The first kappa shape index (κ1) is 14.4. The van der Waals surface area contributed by atoms with Crippen LogP contribution in [0.25, 0.3) is 0 Å². The number of nitrogens with one attached hydrogen (secondary N) is 1. The van der Waals surface area contributed by atoms with Crippen molar-refractivity contribution in [2.24, 2.45) is 17.8 Å². The number of hydrogen-bond acceptors (Lipinski definition) is 2. The second kappa shape index (κ2) is 5.51. The maximum Gasteiger partial charge on any atom is 0.307 e. The van der Waals surface area contributed by atoms with E-state index in [0.29, 0.717) is 18.8 Å².